The van der Waals surface area contributed by atoms with Gasteiger partial charge in [0.05, 0.1) is 17.3 Å². The van der Waals surface area contributed by atoms with E-state index in [1.54, 1.807) is 12.1 Å². The number of amides is 1. The normalized spacial score (nSPS) is 11.6. The predicted octanol–water partition coefficient (Wildman–Crippen LogP) is 3.32. The topological polar surface area (TPSA) is 108 Å². The number of guanidine groups is 1. The van der Waals surface area contributed by atoms with Gasteiger partial charge in [0.1, 0.15) is 23.8 Å². The van der Waals surface area contributed by atoms with Crippen LogP contribution in [0.2, 0.25) is 0 Å². The lowest BCUT2D eigenvalue weighted by Crippen LogP contribution is -2.38. The molecule has 3 aromatic rings. The molecule has 0 bridgehead atoms. The number of halogens is 3. The SMILES string of the molecule is CN(C(=N)N)C(=O)c1cc2c(C(F)(F)F)ccc(OCc3ccco3)c2[nH]1. The number of carbonyl (C=O) groups is 1. The maximum atomic E-state index is 13.3. The molecule has 27 heavy (non-hydrogen) atoms. The van der Waals surface area contributed by atoms with E-state index >= 15 is 0 Å². The van der Waals surface area contributed by atoms with Crippen LogP contribution in [0.4, 0.5) is 13.2 Å². The lowest BCUT2D eigenvalue weighted by Gasteiger charge is -2.12. The van der Waals surface area contributed by atoms with Crippen LogP contribution < -0.4 is 10.5 Å². The summed E-state index contributed by atoms with van der Waals surface area (Å²) < 4.78 is 50.7. The molecule has 10 heteroatoms. The zero-order valence-corrected chi connectivity index (χ0v) is 14.1. The molecule has 2 aromatic heterocycles. The van der Waals surface area contributed by atoms with Crippen LogP contribution in [0.15, 0.2) is 41.0 Å². The molecule has 0 atom stereocenters. The van der Waals surface area contributed by atoms with E-state index in [1.165, 1.54) is 19.4 Å². The Morgan fingerprint density at radius 2 is 2.11 bits per heavy atom. The Bertz CT molecular complexity index is 993. The Hall–Kier alpha value is -3.43. The van der Waals surface area contributed by atoms with Gasteiger partial charge in [-0.2, -0.15) is 13.2 Å². The number of aromatic nitrogens is 1. The molecule has 142 valence electrons. The van der Waals surface area contributed by atoms with Crippen molar-refractivity contribution in [2.75, 3.05) is 7.05 Å². The van der Waals surface area contributed by atoms with E-state index in [1.807, 2.05) is 0 Å². The molecule has 0 aliphatic rings. The van der Waals surface area contributed by atoms with Gasteiger partial charge in [-0.3, -0.25) is 15.1 Å². The van der Waals surface area contributed by atoms with Crippen molar-refractivity contribution in [3.8, 4) is 5.75 Å². The van der Waals surface area contributed by atoms with E-state index in [0.717, 1.165) is 17.0 Å². The number of rotatable bonds is 4. The molecule has 0 radical (unpaired) electrons. The van der Waals surface area contributed by atoms with Crippen molar-refractivity contribution in [2.45, 2.75) is 12.8 Å². The third kappa shape index (κ3) is 3.59. The van der Waals surface area contributed by atoms with Crippen LogP contribution in [0, 0.1) is 5.41 Å². The Balaban J connectivity index is 2.06. The number of ether oxygens (including phenoxy) is 1. The summed E-state index contributed by atoms with van der Waals surface area (Å²) in [5, 5.41) is 7.08. The highest BCUT2D eigenvalue weighted by atomic mass is 19.4. The number of furan rings is 1. The predicted molar refractivity (Wildman–Crippen MR) is 90.3 cm³/mol. The van der Waals surface area contributed by atoms with Gasteiger partial charge in [-0.1, -0.05) is 0 Å². The van der Waals surface area contributed by atoms with Crippen molar-refractivity contribution in [2.24, 2.45) is 5.73 Å². The summed E-state index contributed by atoms with van der Waals surface area (Å²) in [6.07, 6.45) is -3.17. The summed E-state index contributed by atoms with van der Waals surface area (Å²) in [6, 6.07) is 6.45. The maximum absolute atomic E-state index is 13.3. The summed E-state index contributed by atoms with van der Waals surface area (Å²) in [5.74, 6) is -0.672. The highest BCUT2D eigenvalue weighted by molar-refractivity contribution is 6.06. The number of hydrogen-bond donors (Lipinski definition) is 3. The molecule has 7 nitrogen and oxygen atoms in total. The highest BCUT2D eigenvalue weighted by Gasteiger charge is 2.34. The van der Waals surface area contributed by atoms with Crippen molar-refractivity contribution < 1.29 is 27.1 Å². The van der Waals surface area contributed by atoms with E-state index in [-0.39, 0.29) is 29.0 Å². The monoisotopic (exact) mass is 380 g/mol. The van der Waals surface area contributed by atoms with E-state index < -0.39 is 23.6 Å². The van der Waals surface area contributed by atoms with Gasteiger partial charge in [0.2, 0.25) is 0 Å². The van der Waals surface area contributed by atoms with Gasteiger partial charge >= 0.3 is 6.18 Å². The number of hydrogen-bond acceptors (Lipinski definition) is 4. The Kier molecular flexibility index (Phi) is 4.56. The van der Waals surface area contributed by atoms with Crippen molar-refractivity contribution in [1.82, 2.24) is 9.88 Å². The highest BCUT2D eigenvalue weighted by Crippen LogP contribution is 2.39. The zero-order chi connectivity index (χ0) is 19.8. The molecule has 4 N–H and O–H groups in total. The first kappa shape index (κ1) is 18.4. The van der Waals surface area contributed by atoms with Crippen molar-refractivity contribution in [3.05, 3.63) is 53.6 Å². The molecule has 1 amide bonds. The number of aromatic amines is 1. The minimum Gasteiger partial charge on any atom is -0.483 e. The van der Waals surface area contributed by atoms with Gasteiger partial charge in [-0.15, -0.1) is 0 Å². The summed E-state index contributed by atoms with van der Waals surface area (Å²) in [5.41, 5.74) is 4.21. The average Bonchev–Trinajstić information content (AvgIpc) is 3.26. The molecule has 0 fully saturated rings. The van der Waals surface area contributed by atoms with Gasteiger partial charge < -0.3 is 19.9 Å². The van der Waals surface area contributed by atoms with Crippen LogP contribution >= 0.6 is 0 Å². The summed E-state index contributed by atoms with van der Waals surface area (Å²) in [7, 11) is 1.25. The first-order chi connectivity index (χ1) is 12.7. The Labute approximate surface area is 151 Å². The molecule has 0 aliphatic heterocycles. The van der Waals surface area contributed by atoms with Gasteiger partial charge in [0.15, 0.2) is 5.96 Å². The Morgan fingerprint density at radius 3 is 2.70 bits per heavy atom. The van der Waals surface area contributed by atoms with Crippen molar-refractivity contribution >= 4 is 22.8 Å². The number of H-pyrrole nitrogens is 1. The molecule has 0 unspecified atom stereocenters. The molecular weight excluding hydrogens is 365 g/mol. The van der Waals surface area contributed by atoms with Crippen LogP contribution in [-0.2, 0) is 12.8 Å². The number of nitrogens with one attached hydrogen (secondary N) is 2. The second kappa shape index (κ2) is 6.71. The fourth-order valence-electron chi connectivity index (χ4n) is 2.51. The quantitative estimate of drug-likeness (QED) is 0.476. The number of carbonyl (C=O) groups excluding carboxylic acids is 1. The van der Waals surface area contributed by atoms with Crippen LogP contribution in [0.5, 0.6) is 5.75 Å². The first-order valence-corrected chi connectivity index (χ1v) is 7.68. The van der Waals surface area contributed by atoms with Crippen molar-refractivity contribution in [1.29, 1.82) is 5.41 Å². The summed E-state index contributed by atoms with van der Waals surface area (Å²) >= 11 is 0. The third-order valence-electron chi connectivity index (χ3n) is 3.91. The number of nitrogens with zero attached hydrogens (tertiary/aromatic N) is 1. The van der Waals surface area contributed by atoms with Crippen LogP contribution in [0.25, 0.3) is 10.9 Å². The summed E-state index contributed by atoms with van der Waals surface area (Å²) in [6.45, 7) is 0.00309. The number of alkyl halides is 3. The van der Waals surface area contributed by atoms with Crippen LogP contribution in [-0.4, -0.2) is 28.8 Å². The fourth-order valence-corrected chi connectivity index (χ4v) is 2.51. The molecule has 0 saturated heterocycles. The number of nitrogens with two attached hydrogens (primary N) is 1. The smallest absolute Gasteiger partial charge is 0.417 e. The van der Waals surface area contributed by atoms with Gasteiger partial charge in [-0.25, -0.2) is 0 Å². The van der Waals surface area contributed by atoms with Gasteiger partial charge in [-0.05, 0) is 30.3 Å². The number of benzene rings is 1. The lowest BCUT2D eigenvalue weighted by molar-refractivity contribution is -0.136. The molecule has 1 aromatic carbocycles. The number of fused-ring (bicyclic) bond motifs is 1. The largest absolute Gasteiger partial charge is 0.483 e. The molecule has 0 spiro atoms. The maximum Gasteiger partial charge on any atom is 0.417 e. The fraction of sp³-hybridized carbons (Fsp3) is 0.176. The minimum atomic E-state index is -4.62. The van der Waals surface area contributed by atoms with E-state index in [0.29, 0.717) is 5.76 Å². The Morgan fingerprint density at radius 1 is 1.37 bits per heavy atom. The molecule has 3 rings (SSSR count). The standard InChI is InChI=1S/C17H15F3N4O3/c1-24(16(21)22)15(25)12-7-10-11(17(18,19)20)4-5-13(14(10)23-12)27-8-9-3-2-6-26-9/h2-7,23H,8H2,1H3,(H3,21,22). The van der Waals surface area contributed by atoms with E-state index in [2.05, 4.69) is 4.98 Å². The molecule has 0 aliphatic carbocycles. The van der Waals surface area contributed by atoms with E-state index in [4.69, 9.17) is 20.3 Å². The first-order valence-electron chi connectivity index (χ1n) is 7.68. The van der Waals surface area contributed by atoms with Gasteiger partial charge in [0, 0.05) is 12.4 Å². The third-order valence-corrected chi connectivity index (χ3v) is 3.91. The second-order valence-electron chi connectivity index (χ2n) is 5.70. The minimum absolute atomic E-state index is 0.00309. The summed E-state index contributed by atoms with van der Waals surface area (Å²) in [4.78, 5) is 15.8. The van der Waals surface area contributed by atoms with Crippen molar-refractivity contribution in [3.63, 3.8) is 0 Å². The zero-order valence-electron chi connectivity index (χ0n) is 14.1. The second-order valence-corrected chi connectivity index (χ2v) is 5.70. The molecule has 2 heterocycles. The van der Waals surface area contributed by atoms with Crippen LogP contribution in [0.1, 0.15) is 21.8 Å². The van der Waals surface area contributed by atoms with E-state index in [9.17, 15) is 18.0 Å². The van der Waals surface area contributed by atoms with Crippen LogP contribution in [0.3, 0.4) is 0 Å². The average molecular weight is 380 g/mol. The van der Waals surface area contributed by atoms with Gasteiger partial charge in [0.25, 0.3) is 5.91 Å². The molecule has 0 saturated carbocycles. The lowest BCUT2D eigenvalue weighted by atomic mass is 10.1. The molecular formula is C17H15F3N4O3.